The number of nitrogen functional groups attached to an aromatic ring is 1. The van der Waals surface area contributed by atoms with Crippen LogP contribution in [0.5, 0.6) is 0 Å². The molecule has 0 aromatic carbocycles. The number of nitrogens with zero attached hydrogens (tertiary/aromatic N) is 2. The third-order valence-electron chi connectivity index (χ3n) is 2.92. The van der Waals surface area contributed by atoms with E-state index in [-0.39, 0.29) is 6.04 Å². The van der Waals surface area contributed by atoms with Crippen molar-refractivity contribution in [2.24, 2.45) is 0 Å². The lowest BCUT2D eigenvalue weighted by Crippen LogP contribution is -2.44. The zero-order valence-electron chi connectivity index (χ0n) is 9.47. The van der Waals surface area contributed by atoms with Crippen LogP contribution in [0.25, 0.3) is 0 Å². The summed E-state index contributed by atoms with van der Waals surface area (Å²) in [6.07, 6.45) is 2.29. The predicted octanol–water partition coefficient (Wildman–Crippen LogP) is 0.900. The minimum Gasteiger partial charge on any atom is -0.465 e. The van der Waals surface area contributed by atoms with E-state index in [4.69, 9.17) is 10.8 Å². The molecule has 17 heavy (non-hydrogen) atoms. The molecule has 0 spiro atoms. The van der Waals surface area contributed by atoms with Crippen molar-refractivity contribution in [2.45, 2.75) is 18.9 Å². The smallest absolute Gasteiger partial charge is 0.404 e. The lowest BCUT2D eigenvalue weighted by atomic mass is 10.1. The first-order valence-corrected chi connectivity index (χ1v) is 5.61. The predicted molar refractivity (Wildman–Crippen MR) is 65.0 cm³/mol. The summed E-state index contributed by atoms with van der Waals surface area (Å²) in [5, 5.41) is 11.1. The molecule has 0 bridgehead atoms. The van der Waals surface area contributed by atoms with Crippen LogP contribution in [0.15, 0.2) is 18.3 Å². The van der Waals surface area contributed by atoms with Crippen molar-refractivity contribution in [3.8, 4) is 0 Å². The number of hydrogen-bond acceptors (Lipinski definition) is 4. The van der Waals surface area contributed by atoms with Gasteiger partial charge in [-0.2, -0.15) is 0 Å². The molecule has 2 rings (SSSR count). The number of amides is 1. The maximum Gasteiger partial charge on any atom is 0.404 e. The van der Waals surface area contributed by atoms with Crippen LogP contribution in [0.1, 0.15) is 12.8 Å². The van der Waals surface area contributed by atoms with Gasteiger partial charge in [0.1, 0.15) is 5.82 Å². The van der Waals surface area contributed by atoms with E-state index < -0.39 is 6.09 Å². The number of aromatic nitrogens is 1. The number of carboxylic acid groups (broad SMARTS) is 1. The van der Waals surface area contributed by atoms with Crippen LogP contribution >= 0.6 is 0 Å². The Balaban J connectivity index is 1.90. The van der Waals surface area contributed by atoms with Crippen LogP contribution in [0, 0.1) is 0 Å². The van der Waals surface area contributed by atoms with Crippen LogP contribution in [-0.2, 0) is 0 Å². The highest BCUT2D eigenvalue weighted by molar-refractivity contribution is 5.64. The van der Waals surface area contributed by atoms with Crippen molar-refractivity contribution in [2.75, 3.05) is 23.7 Å². The third-order valence-corrected chi connectivity index (χ3v) is 2.92. The number of hydrogen-bond donors (Lipinski definition) is 3. The van der Waals surface area contributed by atoms with E-state index in [9.17, 15) is 4.79 Å². The van der Waals surface area contributed by atoms with Crippen molar-refractivity contribution in [1.29, 1.82) is 0 Å². The van der Waals surface area contributed by atoms with E-state index in [2.05, 4.69) is 15.2 Å². The monoisotopic (exact) mass is 236 g/mol. The molecule has 0 unspecified atom stereocenters. The van der Waals surface area contributed by atoms with E-state index in [1.807, 2.05) is 12.1 Å². The van der Waals surface area contributed by atoms with Gasteiger partial charge in [0.2, 0.25) is 0 Å². The minimum atomic E-state index is -0.950. The van der Waals surface area contributed by atoms with Gasteiger partial charge in [-0.15, -0.1) is 0 Å². The normalized spacial score (nSPS) is 16.8. The second-order valence-electron chi connectivity index (χ2n) is 4.16. The molecule has 6 nitrogen and oxygen atoms in total. The van der Waals surface area contributed by atoms with Gasteiger partial charge in [-0.25, -0.2) is 9.78 Å². The van der Waals surface area contributed by atoms with E-state index in [0.29, 0.717) is 5.69 Å². The summed E-state index contributed by atoms with van der Waals surface area (Å²) in [6.45, 7) is 1.61. The van der Waals surface area contributed by atoms with Crippen molar-refractivity contribution in [3.63, 3.8) is 0 Å². The van der Waals surface area contributed by atoms with Gasteiger partial charge in [0.05, 0.1) is 11.9 Å². The zero-order valence-corrected chi connectivity index (χ0v) is 9.47. The molecular weight excluding hydrogens is 220 g/mol. The third kappa shape index (κ3) is 2.99. The molecule has 1 saturated heterocycles. The van der Waals surface area contributed by atoms with E-state index in [1.165, 1.54) is 0 Å². The molecule has 1 fully saturated rings. The minimum absolute atomic E-state index is 0.0533. The quantitative estimate of drug-likeness (QED) is 0.709. The summed E-state index contributed by atoms with van der Waals surface area (Å²) < 4.78 is 0. The molecule has 0 radical (unpaired) electrons. The SMILES string of the molecule is Nc1ccc(N2CCC(NC(=O)O)CC2)nc1. The second kappa shape index (κ2) is 4.90. The lowest BCUT2D eigenvalue weighted by molar-refractivity contribution is 0.187. The Morgan fingerprint density at radius 3 is 2.71 bits per heavy atom. The van der Waals surface area contributed by atoms with Crippen molar-refractivity contribution in [1.82, 2.24) is 10.3 Å². The molecule has 6 heteroatoms. The van der Waals surface area contributed by atoms with Crippen molar-refractivity contribution < 1.29 is 9.90 Å². The molecule has 1 amide bonds. The Morgan fingerprint density at radius 2 is 2.18 bits per heavy atom. The summed E-state index contributed by atoms with van der Waals surface area (Å²) in [5.41, 5.74) is 6.23. The van der Waals surface area contributed by atoms with Crippen molar-refractivity contribution in [3.05, 3.63) is 18.3 Å². The standard InChI is InChI=1S/C11H16N4O2/c12-8-1-2-10(13-7-8)15-5-3-9(4-6-15)14-11(16)17/h1-2,7,9,14H,3-6,12H2,(H,16,17). The van der Waals surface area contributed by atoms with Gasteiger partial charge in [0.25, 0.3) is 0 Å². The number of carbonyl (C=O) groups is 1. The van der Waals surface area contributed by atoms with Crippen molar-refractivity contribution >= 4 is 17.6 Å². The van der Waals surface area contributed by atoms with E-state index in [0.717, 1.165) is 31.7 Å². The number of piperidine rings is 1. The summed E-state index contributed by atoms with van der Waals surface area (Å²) in [5.74, 6) is 0.896. The van der Waals surface area contributed by atoms with Crippen LogP contribution in [0.4, 0.5) is 16.3 Å². The van der Waals surface area contributed by atoms with Gasteiger partial charge < -0.3 is 21.1 Å². The molecule has 2 heterocycles. The van der Waals surface area contributed by atoms with Gasteiger partial charge >= 0.3 is 6.09 Å². The Kier molecular flexibility index (Phi) is 3.32. The Bertz CT molecular complexity index is 385. The summed E-state index contributed by atoms with van der Waals surface area (Å²) in [4.78, 5) is 16.9. The van der Waals surface area contributed by atoms with Gasteiger partial charge in [-0.1, -0.05) is 0 Å². The molecular formula is C11H16N4O2. The van der Waals surface area contributed by atoms with E-state index in [1.54, 1.807) is 6.20 Å². The van der Waals surface area contributed by atoms with E-state index >= 15 is 0 Å². The molecule has 92 valence electrons. The summed E-state index contributed by atoms with van der Waals surface area (Å²) >= 11 is 0. The Hall–Kier alpha value is -1.98. The molecule has 0 aliphatic carbocycles. The first kappa shape index (κ1) is 11.5. The van der Waals surface area contributed by atoms with Gasteiger partial charge in [-0.05, 0) is 25.0 Å². The Labute approximate surface area is 99.4 Å². The number of anilines is 2. The fourth-order valence-electron chi connectivity index (χ4n) is 2.01. The number of nitrogens with two attached hydrogens (primary N) is 1. The maximum atomic E-state index is 10.5. The average molecular weight is 236 g/mol. The molecule has 1 aliphatic rings. The average Bonchev–Trinajstić information content (AvgIpc) is 2.30. The topological polar surface area (TPSA) is 91.5 Å². The highest BCUT2D eigenvalue weighted by Crippen LogP contribution is 2.18. The van der Waals surface area contributed by atoms with Crippen LogP contribution in [0.3, 0.4) is 0 Å². The molecule has 1 aliphatic heterocycles. The fraction of sp³-hybridized carbons (Fsp3) is 0.455. The summed E-state index contributed by atoms with van der Waals surface area (Å²) in [7, 11) is 0. The molecule has 4 N–H and O–H groups in total. The molecule has 1 aromatic rings. The largest absolute Gasteiger partial charge is 0.465 e. The first-order valence-electron chi connectivity index (χ1n) is 5.61. The van der Waals surface area contributed by atoms with Crippen LogP contribution in [0.2, 0.25) is 0 Å². The first-order chi connectivity index (χ1) is 8.15. The fourth-order valence-corrected chi connectivity index (χ4v) is 2.01. The number of pyridine rings is 1. The summed E-state index contributed by atoms with van der Waals surface area (Å²) in [6, 6.07) is 3.77. The van der Waals surface area contributed by atoms with Gasteiger partial charge in [0.15, 0.2) is 0 Å². The number of rotatable bonds is 2. The lowest BCUT2D eigenvalue weighted by Gasteiger charge is -2.32. The van der Waals surface area contributed by atoms with Gasteiger partial charge in [-0.3, -0.25) is 0 Å². The highest BCUT2D eigenvalue weighted by Gasteiger charge is 2.20. The second-order valence-corrected chi connectivity index (χ2v) is 4.16. The van der Waals surface area contributed by atoms with Gasteiger partial charge in [0, 0.05) is 19.1 Å². The molecule has 0 atom stereocenters. The van der Waals surface area contributed by atoms with Crippen LogP contribution < -0.4 is 16.0 Å². The Morgan fingerprint density at radius 1 is 1.47 bits per heavy atom. The number of nitrogens with one attached hydrogen (secondary N) is 1. The molecule has 0 saturated carbocycles. The zero-order chi connectivity index (χ0) is 12.3. The highest BCUT2D eigenvalue weighted by atomic mass is 16.4. The van der Waals surface area contributed by atoms with Crippen LogP contribution in [-0.4, -0.2) is 35.3 Å². The maximum absolute atomic E-state index is 10.5. The molecule has 1 aromatic heterocycles.